The molecule has 0 bridgehead atoms. The molecule has 1 N–H and O–H groups in total. The van der Waals surface area contributed by atoms with Gasteiger partial charge in [-0.25, -0.2) is 0 Å². The van der Waals surface area contributed by atoms with Gasteiger partial charge in [0.1, 0.15) is 0 Å². The van der Waals surface area contributed by atoms with Crippen molar-refractivity contribution in [1.29, 1.82) is 0 Å². The minimum atomic E-state index is 0.189. The number of hydrogen-bond donors (Lipinski definition) is 1. The Morgan fingerprint density at radius 1 is 1.33 bits per heavy atom. The molecular weight excluding hydrogens is 328 g/mol. The van der Waals surface area contributed by atoms with Crippen LogP contribution in [0.1, 0.15) is 41.6 Å². The average Bonchev–Trinajstić information content (AvgIpc) is 3.14. The molecule has 1 aliphatic heterocycles. The van der Waals surface area contributed by atoms with Crippen LogP contribution < -0.4 is 5.32 Å². The van der Waals surface area contributed by atoms with Crippen LogP contribution in [0.25, 0.3) is 0 Å². The summed E-state index contributed by atoms with van der Waals surface area (Å²) in [5.74, 6) is 0.914. The summed E-state index contributed by atoms with van der Waals surface area (Å²) in [5.41, 5.74) is 1.88. The fourth-order valence-corrected chi connectivity index (χ4v) is 3.41. The SMILES string of the molecule is Cc1c(Br)cccc1C(=O)N(CC1CC1)CC1CCCN1. The van der Waals surface area contributed by atoms with Crippen molar-refractivity contribution in [2.75, 3.05) is 19.6 Å². The van der Waals surface area contributed by atoms with E-state index >= 15 is 0 Å². The number of benzene rings is 1. The van der Waals surface area contributed by atoms with Crippen molar-refractivity contribution in [2.45, 2.75) is 38.6 Å². The lowest BCUT2D eigenvalue weighted by Gasteiger charge is -2.27. The summed E-state index contributed by atoms with van der Waals surface area (Å²) in [6.07, 6.45) is 4.97. The maximum absolute atomic E-state index is 12.9. The van der Waals surface area contributed by atoms with E-state index in [0.29, 0.717) is 6.04 Å². The largest absolute Gasteiger partial charge is 0.337 e. The first-order valence-corrected chi connectivity index (χ1v) is 8.72. The predicted molar refractivity (Wildman–Crippen MR) is 88.5 cm³/mol. The van der Waals surface area contributed by atoms with Crippen LogP contribution in [0.4, 0.5) is 0 Å². The molecule has 1 aromatic carbocycles. The van der Waals surface area contributed by atoms with Crippen LogP contribution in [0, 0.1) is 12.8 Å². The van der Waals surface area contributed by atoms with Crippen molar-refractivity contribution < 1.29 is 4.79 Å². The van der Waals surface area contributed by atoms with Gasteiger partial charge in [0.2, 0.25) is 0 Å². The lowest BCUT2D eigenvalue weighted by Crippen LogP contribution is -2.42. The number of amides is 1. The fraction of sp³-hybridized carbons (Fsp3) is 0.588. The highest BCUT2D eigenvalue weighted by Crippen LogP contribution is 2.31. The minimum Gasteiger partial charge on any atom is -0.337 e. The molecule has 1 saturated carbocycles. The summed E-state index contributed by atoms with van der Waals surface area (Å²) in [4.78, 5) is 15.0. The third-order valence-corrected chi connectivity index (χ3v) is 5.42. The second-order valence-electron chi connectivity index (χ2n) is 6.36. The molecule has 3 nitrogen and oxygen atoms in total. The molecule has 4 heteroatoms. The Labute approximate surface area is 135 Å². The van der Waals surface area contributed by atoms with Crippen LogP contribution in [-0.4, -0.2) is 36.5 Å². The molecule has 114 valence electrons. The Kier molecular flexibility index (Phi) is 4.65. The number of halogens is 1. The van der Waals surface area contributed by atoms with Gasteiger partial charge >= 0.3 is 0 Å². The molecule has 0 aromatic heterocycles. The molecule has 2 aliphatic rings. The van der Waals surface area contributed by atoms with Crippen LogP contribution in [0.2, 0.25) is 0 Å². The van der Waals surface area contributed by atoms with Crippen molar-refractivity contribution >= 4 is 21.8 Å². The van der Waals surface area contributed by atoms with Gasteiger partial charge in [0, 0.05) is 29.2 Å². The molecule has 1 saturated heterocycles. The topological polar surface area (TPSA) is 32.3 Å². The Bertz CT molecular complexity index is 522. The van der Waals surface area contributed by atoms with Gasteiger partial charge in [-0.15, -0.1) is 0 Å². The second-order valence-corrected chi connectivity index (χ2v) is 7.21. The summed E-state index contributed by atoms with van der Waals surface area (Å²) < 4.78 is 1.01. The third kappa shape index (κ3) is 3.67. The maximum Gasteiger partial charge on any atom is 0.254 e. The Hall–Kier alpha value is -0.870. The first-order chi connectivity index (χ1) is 10.1. The molecule has 3 rings (SSSR count). The molecule has 0 radical (unpaired) electrons. The van der Waals surface area contributed by atoms with Crippen molar-refractivity contribution in [3.05, 3.63) is 33.8 Å². The molecular formula is C17H23BrN2O. The molecule has 1 atom stereocenters. The first-order valence-electron chi connectivity index (χ1n) is 7.93. The molecule has 1 heterocycles. The van der Waals surface area contributed by atoms with E-state index in [0.717, 1.165) is 41.2 Å². The highest BCUT2D eigenvalue weighted by Gasteiger charge is 2.30. The van der Waals surface area contributed by atoms with Crippen molar-refractivity contribution in [3.63, 3.8) is 0 Å². The second kappa shape index (κ2) is 6.49. The third-order valence-electron chi connectivity index (χ3n) is 4.56. The van der Waals surface area contributed by atoms with Gasteiger partial charge in [0.15, 0.2) is 0 Å². The maximum atomic E-state index is 12.9. The summed E-state index contributed by atoms with van der Waals surface area (Å²) in [6, 6.07) is 6.37. The Balaban J connectivity index is 1.76. The van der Waals surface area contributed by atoms with Crippen LogP contribution in [0.5, 0.6) is 0 Å². The zero-order valence-electron chi connectivity index (χ0n) is 12.6. The monoisotopic (exact) mass is 350 g/mol. The summed E-state index contributed by atoms with van der Waals surface area (Å²) in [6.45, 7) is 4.87. The van der Waals surface area contributed by atoms with Crippen molar-refractivity contribution in [3.8, 4) is 0 Å². The highest BCUT2D eigenvalue weighted by molar-refractivity contribution is 9.10. The lowest BCUT2D eigenvalue weighted by molar-refractivity contribution is 0.0732. The number of carbonyl (C=O) groups is 1. The number of nitrogens with zero attached hydrogens (tertiary/aromatic N) is 1. The first kappa shape index (κ1) is 15.0. The summed E-state index contributed by atoms with van der Waals surface area (Å²) >= 11 is 3.53. The van der Waals surface area contributed by atoms with Gasteiger partial charge < -0.3 is 10.2 Å². The quantitative estimate of drug-likeness (QED) is 0.882. The molecule has 2 fully saturated rings. The van der Waals surface area contributed by atoms with Gasteiger partial charge in [-0.1, -0.05) is 22.0 Å². The van der Waals surface area contributed by atoms with E-state index < -0.39 is 0 Å². The minimum absolute atomic E-state index is 0.189. The van der Waals surface area contributed by atoms with E-state index in [9.17, 15) is 4.79 Å². The van der Waals surface area contributed by atoms with E-state index in [2.05, 4.69) is 26.1 Å². The summed E-state index contributed by atoms with van der Waals surface area (Å²) in [5, 5.41) is 3.51. The molecule has 1 amide bonds. The van der Waals surface area contributed by atoms with Gasteiger partial charge in [0.25, 0.3) is 5.91 Å². The zero-order valence-corrected chi connectivity index (χ0v) is 14.2. The summed E-state index contributed by atoms with van der Waals surface area (Å²) in [7, 11) is 0. The number of carbonyl (C=O) groups excluding carboxylic acids is 1. The Morgan fingerprint density at radius 2 is 2.14 bits per heavy atom. The van der Waals surface area contributed by atoms with Crippen molar-refractivity contribution in [1.82, 2.24) is 10.2 Å². The molecule has 1 unspecified atom stereocenters. The molecule has 21 heavy (non-hydrogen) atoms. The highest BCUT2D eigenvalue weighted by atomic mass is 79.9. The normalized spacial score (nSPS) is 21.5. The van der Waals surface area contributed by atoms with Crippen LogP contribution in [-0.2, 0) is 0 Å². The fourth-order valence-electron chi connectivity index (χ4n) is 3.04. The van der Waals surface area contributed by atoms with Crippen LogP contribution in [0.3, 0.4) is 0 Å². The Morgan fingerprint density at radius 3 is 2.81 bits per heavy atom. The standard InChI is InChI=1S/C17H23BrN2O/c1-12-15(5-2-6-16(12)18)17(21)20(10-13-7-8-13)11-14-4-3-9-19-14/h2,5-6,13-14,19H,3-4,7-11H2,1H3. The van der Waals surface area contributed by atoms with Gasteiger partial charge in [-0.3, -0.25) is 4.79 Å². The van der Waals surface area contributed by atoms with E-state index in [1.54, 1.807) is 0 Å². The molecule has 1 aliphatic carbocycles. The van der Waals surface area contributed by atoms with E-state index in [-0.39, 0.29) is 5.91 Å². The number of rotatable bonds is 5. The molecule has 0 spiro atoms. The van der Waals surface area contributed by atoms with Crippen molar-refractivity contribution in [2.24, 2.45) is 5.92 Å². The van der Waals surface area contributed by atoms with E-state index in [4.69, 9.17) is 0 Å². The van der Waals surface area contributed by atoms with E-state index in [1.807, 2.05) is 25.1 Å². The van der Waals surface area contributed by atoms with Gasteiger partial charge in [0.05, 0.1) is 0 Å². The lowest BCUT2D eigenvalue weighted by atomic mass is 10.1. The predicted octanol–water partition coefficient (Wildman–Crippen LogP) is 3.36. The van der Waals surface area contributed by atoms with Crippen LogP contribution >= 0.6 is 15.9 Å². The van der Waals surface area contributed by atoms with E-state index in [1.165, 1.54) is 25.7 Å². The van der Waals surface area contributed by atoms with Gasteiger partial charge in [-0.2, -0.15) is 0 Å². The number of hydrogen-bond acceptors (Lipinski definition) is 2. The zero-order chi connectivity index (χ0) is 14.8. The van der Waals surface area contributed by atoms with Crippen LogP contribution in [0.15, 0.2) is 22.7 Å². The number of nitrogens with one attached hydrogen (secondary N) is 1. The smallest absolute Gasteiger partial charge is 0.254 e. The van der Waals surface area contributed by atoms with Gasteiger partial charge in [-0.05, 0) is 62.8 Å². The average molecular weight is 351 g/mol. The molecule has 1 aromatic rings.